The van der Waals surface area contributed by atoms with Gasteiger partial charge in [0.25, 0.3) is 0 Å². The zero-order valence-corrected chi connectivity index (χ0v) is 12.7. The maximum Gasteiger partial charge on any atom is 0.0291 e. The smallest absolute Gasteiger partial charge is 0.0291 e. The Labute approximate surface area is 118 Å². The zero-order chi connectivity index (χ0) is 13.5. The molecule has 0 saturated heterocycles. The summed E-state index contributed by atoms with van der Waals surface area (Å²) in [5, 5.41) is 3.66. The fourth-order valence-corrected chi connectivity index (χ4v) is 3.01. The van der Waals surface area contributed by atoms with E-state index < -0.39 is 0 Å². The van der Waals surface area contributed by atoms with Gasteiger partial charge in [-0.05, 0) is 62.3 Å². The normalized spacial score (nSPS) is 16.1. The lowest BCUT2D eigenvalue weighted by Crippen LogP contribution is -2.20. The highest BCUT2D eigenvalue weighted by molar-refractivity contribution is 5.35. The van der Waals surface area contributed by atoms with Gasteiger partial charge in [0.2, 0.25) is 0 Å². The van der Waals surface area contributed by atoms with E-state index in [1.54, 1.807) is 11.1 Å². The summed E-state index contributed by atoms with van der Waals surface area (Å²) in [6, 6.07) is 7.62. The largest absolute Gasteiger partial charge is 0.310 e. The lowest BCUT2D eigenvalue weighted by Gasteiger charge is -2.20. The van der Waals surface area contributed by atoms with Gasteiger partial charge in [-0.2, -0.15) is 0 Å². The number of benzene rings is 1. The van der Waals surface area contributed by atoms with Crippen molar-refractivity contribution < 1.29 is 0 Å². The SMILES string of the molecule is CCCCCCNC(C)c1ccc2c(c1)CCCC2. The molecule has 1 atom stereocenters. The molecule has 0 aromatic heterocycles. The molecule has 0 spiro atoms. The first-order valence-electron chi connectivity index (χ1n) is 8.16. The van der Waals surface area contributed by atoms with Gasteiger partial charge >= 0.3 is 0 Å². The summed E-state index contributed by atoms with van der Waals surface area (Å²) >= 11 is 0. The molecule has 1 nitrogen and oxygen atoms in total. The van der Waals surface area contributed by atoms with Crippen molar-refractivity contribution >= 4 is 0 Å². The van der Waals surface area contributed by atoms with Gasteiger partial charge in [-0.3, -0.25) is 0 Å². The van der Waals surface area contributed by atoms with E-state index in [0.29, 0.717) is 6.04 Å². The molecule has 106 valence electrons. The maximum atomic E-state index is 3.66. The number of nitrogens with one attached hydrogen (secondary N) is 1. The first kappa shape index (κ1) is 14.6. The van der Waals surface area contributed by atoms with E-state index >= 15 is 0 Å². The highest BCUT2D eigenvalue weighted by Crippen LogP contribution is 2.24. The van der Waals surface area contributed by atoms with E-state index in [1.165, 1.54) is 56.9 Å². The Morgan fingerprint density at radius 2 is 1.84 bits per heavy atom. The molecule has 1 heteroatoms. The summed E-state index contributed by atoms with van der Waals surface area (Å²) in [6.07, 6.45) is 10.7. The van der Waals surface area contributed by atoms with Crippen LogP contribution in [0.15, 0.2) is 18.2 Å². The second-order valence-corrected chi connectivity index (χ2v) is 5.97. The number of unbranched alkanes of at least 4 members (excludes halogenated alkanes) is 3. The Hall–Kier alpha value is -0.820. The predicted molar refractivity (Wildman–Crippen MR) is 83.6 cm³/mol. The molecule has 0 aliphatic heterocycles. The van der Waals surface area contributed by atoms with Crippen LogP contribution in [-0.2, 0) is 12.8 Å². The molecule has 1 aromatic carbocycles. The van der Waals surface area contributed by atoms with Crippen molar-refractivity contribution in [2.24, 2.45) is 0 Å². The summed E-state index contributed by atoms with van der Waals surface area (Å²) < 4.78 is 0. The first-order valence-corrected chi connectivity index (χ1v) is 8.16. The van der Waals surface area contributed by atoms with Gasteiger partial charge in [0.1, 0.15) is 0 Å². The molecule has 0 heterocycles. The summed E-state index contributed by atoms with van der Waals surface area (Å²) in [5.74, 6) is 0. The molecule has 0 fully saturated rings. The van der Waals surface area contributed by atoms with Crippen molar-refractivity contribution in [1.29, 1.82) is 0 Å². The minimum Gasteiger partial charge on any atom is -0.310 e. The number of hydrogen-bond acceptors (Lipinski definition) is 1. The fourth-order valence-electron chi connectivity index (χ4n) is 3.01. The Kier molecular flexibility index (Phi) is 5.91. The van der Waals surface area contributed by atoms with Crippen molar-refractivity contribution in [2.75, 3.05) is 6.54 Å². The fraction of sp³-hybridized carbons (Fsp3) is 0.667. The van der Waals surface area contributed by atoms with Crippen LogP contribution in [0.25, 0.3) is 0 Å². The molecule has 1 aliphatic carbocycles. The molecule has 0 radical (unpaired) electrons. The molecule has 0 saturated carbocycles. The summed E-state index contributed by atoms with van der Waals surface area (Å²) in [4.78, 5) is 0. The van der Waals surface area contributed by atoms with Crippen molar-refractivity contribution in [3.63, 3.8) is 0 Å². The van der Waals surface area contributed by atoms with E-state index in [4.69, 9.17) is 0 Å². The van der Waals surface area contributed by atoms with Crippen LogP contribution in [0.5, 0.6) is 0 Å². The van der Waals surface area contributed by atoms with Gasteiger partial charge in [-0.25, -0.2) is 0 Å². The summed E-state index contributed by atoms with van der Waals surface area (Å²) in [6.45, 7) is 5.71. The van der Waals surface area contributed by atoms with E-state index in [-0.39, 0.29) is 0 Å². The van der Waals surface area contributed by atoms with E-state index in [2.05, 4.69) is 37.4 Å². The highest BCUT2D eigenvalue weighted by atomic mass is 14.9. The Bertz CT molecular complexity index is 383. The quantitative estimate of drug-likeness (QED) is 0.694. The monoisotopic (exact) mass is 259 g/mol. The van der Waals surface area contributed by atoms with Gasteiger partial charge in [-0.15, -0.1) is 0 Å². The van der Waals surface area contributed by atoms with Crippen molar-refractivity contribution in [3.8, 4) is 0 Å². The van der Waals surface area contributed by atoms with Crippen LogP contribution in [0.2, 0.25) is 0 Å². The number of fused-ring (bicyclic) bond motifs is 1. The van der Waals surface area contributed by atoms with Gasteiger partial charge in [-0.1, -0.05) is 44.4 Å². The van der Waals surface area contributed by atoms with Gasteiger partial charge in [0.05, 0.1) is 0 Å². The van der Waals surface area contributed by atoms with Crippen LogP contribution in [0.4, 0.5) is 0 Å². The third kappa shape index (κ3) is 4.35. The topological polar surface area (TPSA) is 12.0 Å². The molecular formula is C18H29N. The van der Waals surface area contributed by atoms with E-state index in [0.717, 1.165) is 6.54 Å². The number of rotatable bonds is 7. The Morgan fingerprint density at radius 3 is 2.63 bits per heavy atom. The maximum absolute atomic E-state index is 3.66. The van der Waals surface area contributed by atoms with E-state index in [9.17, 15) is 0 Å². The van der Waals surface area contributed by atoms with Crippen LogP contribution in [-0.4, -0.2) is 6.54 Å². The Morgan fingerprint density at radius 1 is 1.05 bits per heavy atom. The van der Waals surface area contributed by atoms with Gasteiger partial charge in [0, 0.05) is 6.04 Å². The second kappa shape index (κ2) is 7.69. The molecule has 1 aliphatic rings. The zero-order valence-electron chi connectivity index (χ0n) is 12.7. The third-order valence-electron chi connectivity index (χ3n) is 4.35. The summed E-state index contributed by atoms with van der Waals surface area (Å²) in [7, 11) is 0. The molecule has 0 amide bonds. The minimum atomic E-state index is 0.494. The van der Waals surface area contributed by atoms with Crippen molar-refractivity contribution in [3.05, 3.63) is 34.9 Å². The predicted octanol–water partition coefficient (Wildman–Crippen LogP) is 4.80. The van der Waals surface area contributed by atoms with Crippen molar-refractivity contribution in [2.45, 2.75) is 71.3 Å². The molecule has 1 N–H and O–H groups in total. The summed E-state index contributed by atoms with van der Waals surface area (Å²) in [5.41, 5.74) is 4.66. The molecular weight excluding hydrogens is 230 g/mol. The second-order valence-electron chi connectivity index (χ2n) is 5.97. The molecule has 1 unspecified atom stereocenters. The van der Waals surface area contributed by atoms with Gasteiger partial charge < -0.3 is 5.32 Å². The van der Waals surface area contributed by atoms with Crippen LogP contribution < -0.4 is 5.32 Å². The average molecular weight is 259 g/mol. The van der Waals surface area contributed by atoms with Crippen molar-refractivity contribution in [1.82, 2.24) is 5.32 Å². The number of hydrogen-bond donors (Lipinski definition) is 1. The molecule has 0 bridgehead atoms. The minimum absolute atomic E-state index is 0.494. The number of aryl methyl sites for hydroxylation is 2. The molecule has 1 aromatic rings. The average Bonchev–Trinajstić information content (AvgIpc) is 2.46. The lowest BCUT2D eigenvalue weighted by atomic mass is 9.89. The molecule has 2 rings (SSSR count). The van der Waals surface area contributed by atoms with E-state index in [1.807, 2.05) is 0 Å². The standard InChI is InChI=1S/C18H29N/c1-3-4-5-8-13-19-15(2)17-12-11-16-9-6-7-10-18(16)14-17/h11-12,14-15,19H,3-10,13H2,1-2H3. The first-order chi connectivity index (χ1) is 9.31. The van der Waals surface area contributed by atoms with Crippen LogP contribution in [0, 0.1) is 0 Å². The third-order valence-corrected chi connectivity index (χ3v) is 4.35. The van der Waals surface area contributed by atoms with Crippen LogP contribution in [0.1, 0.15) is 75.1 Å². The van der Waals surface area contributed by atoms with Gasteiger partial charge in [0.15, 0.2) is 0 Å². The van der Waals surface area contributed by atoms with Crippen LogP contribution in [0.3, 0.4) is 0 Å². The molecule has 19 heavy (non-hydrogen) atoms. The lowest BCUT2D eigenvalue weighted by molar-refractivity contribution is 0.535. The highest BCUT2D eigenvalue weighted by Gasteiger charge is 2.11. The van der Waals surface area contributed by atoms with Crippen LogP contribution >= 0.6 is 0 Å². The Balaban J connectivity index is 1.83.